The number of rotatable bonds is 6. The van der Waals surface area contributed by atoms with Crippen molar-refractivity contribution in [3.63, 3.8) is 0 Å². The number of aryl methyl sites for hydroxylation is 1. The number of aliphatic hydroxyl groups is 1. The quantitative estimate of drug-likeness (QED) is 0.614. The molecule has 1 unspecified atom stereocenters. The van der Waals surface area contributed by atoms with E-state index >= 15 is 0 Å². The van der Waals surface area contributed by atoms with Gasteiger partial charge in [0.15, 0.2) is 6.10 Å². The maximum Gasteiger partial charge on any atom is 0.416 e. The van der Waals surface area contributed by atoms with Crippen LogP contribution < -0.4 is 5.32 Å². The van der Waals surface area contributed by atoms with E-state index in [-0.39, 0.29) is 11.4 Å². The number of amides is 1. The van der Waals surface area contributed by atoms with Crippen molar-refractivity contribution in [3.8, 4) is 0 Å². The molecular formula is C11H14F3N3O4. The molecule has 7 nitrogen and oxygen atoms in total. The molecule has 0 fully saturated rings. The Hall–Kier alpha value is -2.10. The Balaban J connectivity index is 2.84. The van der Waals surface area contributed by atoms with Crippen LogP contribution in [-0.2, 0) is 6.54 Å². The highest BCUT2D eigenvalue weighted by Gasteiger charge is 2.38. The summed E-state index contributed by atoms with van der Waals surface area (Å²) in [5, 5.41) is 21.4. The van der Waals surface area contributed by atoms with Crippen LogP contribution in [0.25, 0.3) is 0 Å². The van der Waals surface area contributed by atoms with Gasteiger partial charge in [0.05, 0.1) is 17.7 Å². The zero-order valence-electron chi connectivity index (χ0n) is 11.1. The van der Waals surface area contributed by atoms with Crippen molar-refractivity contribution in [3.05, 3.63) is 28.1 Å². The van der Waals surface area contributed by atoms with Gasteiger partial charge in [-0.1, -0.05) is 6.92 Å². The molecule has 0 saturated heterocycles. The van der Waals surface area contributed by atoms with E-state index in [9.17, 15) is 28.1 Å². The highest BCUT2D eigenvalue weighted by molar-refractivity contribution is 5.93. The predicted octanol–water partition coefficient (Wildman–Crippen LogP) is 1.46. The molecule has 2 N–H and O–H groups in total. The molecule has 1 aromatic heterocycles. The zero-order valence-corrected chi connectivity index (χ0v) is 11.1. The smallest absolute Gasteiger partial charge is 0.382 e. The highest BCUT2D eigenvalue weighted by Crippen LogP contribution is 2.20. The standard InChI is InChI=1S/C11H14F3N3O4/c1-2-3-16-6-7(17(20)21)4-8(16)10(19)15-5-9(18)11(12,13)14/h4,6,9,18H,2-3,5H2,1H3,(H,15,19). The fraction of sp³-hybridized carbons (Fsp3) is 0.545. The van der Waals surface area contributed by atoms with Crippen molar-refractivity contribution in [2.24, 2.45) is 0 Å². The lowest BCUT2D eigenvalue weighted by Crippen LogP contribution is -2.41. The fourth-order valence-electron chi connectivity index (χ4n) is 1.61. The van der Waals surface area contributed by atoms with Crippen molar-refractivity contribution < 1.29 is 28.0 Å². The van der Waals surface area contributed by atoms with Gasteiger partial charge in [-0.2, -0.15) is 13.2 Å². The van der Waals surface area contributed by atoms with Gasteiger partial charge in [0.1, 0.15) is 5.69 Å². The Bertz CT molecular complexity index is 527. The maximum atomic E-state index is 12.1. The van der Waals surface area contributed by atoms with Crippen LogP contribution in [-0.4, -0.2) is 39.3 Å². The van der Waals surface area contributed by atoms with Crippen molar-refractivity contribution in [1.82, 2.24) is 9.88 Å². The molecule has 1 aromatic rings. The fourth-order valence-corrected chi connectivity index (χ4v) is 1.61. The van der Waals surface area contributed by atoms with E-state index in [1.165, 1.54) is 4.57 Å². The highest BCUT2D eigenvalue weighted by atomic mass is 19.4. The summed E-state index contributed by atoms with van der Waals surface area (Å²) in [5.41, 5.74) is -0.456. The molecule has 0 radical (unpaired) electrons. The minimum absolute atomic E-state index is 0.127. The molecule has 0 bridgehead atoms. The Morgan fingerprint density at radius 2 is 2.19 bits per heavy atom. The van der Waals surface area contributed by atoms with Crippen molar-refractivity contribution in [1.29, 1.82) is 0 Å². The summed E-state index contributed by atoms with van der Waals surface area (Å²) in [6, 6.07) is 0.977. The van der Waals surface area contributed by atoms with Crippen LogP contribution in [0.1, 0.15) is 23.8 Å². The third-order valence-electron chi connectivity index (χ3n) is 2.62. The molecule has 0 aliphatic heterocycles. The zero-order chi connectivity index (χ0) is 16.2. The van der Waals surface area contributed by atoms with Gasteiger partial charge in [-0.05, 0) is 6.42 Å². The van der Waals surface area contributed by atoms with Crippen molar-refractivity contribution in [2.75, 3.05) is 6.54 Å². The molecule has 0 aliphatic carbocycles. The summed E-state index contributed by atoms with van der Waals surface area (Å²) in [4.78, 5) is 21.7. The number of nitrogens with one attached hydrogen (secondary N) is 1. The first-order chi connectivity index (χ1) is 9.66. The molecule has 0 aliphatic rings. The predicted molar refractivity (Wildman–Crippen MR) is 65.8 cm³/mol. The molecular weight excluding hydrogens is 295 g/mol. The first-order valence-electron chi connectivity index (χ1n) is 6.04. The number of nitrogens with zero attached hydrogens (tertiary/aromatic N) is 2. The lowest BCUT2D eigenvalue weighted by molar-refractivity contribution is -0.384. The molecule has 1 heterocycles. The van der Waals surface area contributed by atoms with Gasteiger partial charge >= 0.3 is 6.18 Å². The minimum atomic E-state index is -4.84. The van der Waals surface area contributed by atoms with Crippen LogP contribution in [0.5, 0.6) is 0 Å². The number of aliphatic hydroxyl groups excluding tert-OH is 1. The number of carbonyl (C=O) groups is 1. The summed E-state index contributed by atoms with van der Waals surface area (Å²) in [5.74, 6) is -0.917. The third kappa shape index (κ3) is 4.45. The second kappa shape index (κ2) is 6.57. The summed E-state index contributed by atoms with van der Waals surface area (Å²) < 4.78 is 37.6. The first kappa shape index (κ1) is 17.0. The van der Waals surface area contributed by atoms with E-state index in [2.05, 4.69) is 0 Å². The summed E-state index contributed by atoms with van der Waals surface area (Å²) in [7, 11) is 0. The van der Waals surface area contributed by atoms with Gasteiger partial charge < -0.3 is 15.0 Å². The number of aromatic nitrogens is 1. The molecule has 118 valence electrons. The molecule has 0 saturated carbocycles. The van der Waals surface area contributed by atoms with E-state index < -0.39 is 29.7 Å². The normalized spacial score (nSPS) is 13.0. The Morgan fingerprint density at radius 1 is 1.57 bits per heavy atom. The second-order valence-corrected chi connectivity index (χ2v) is 4.30. The molecule has 21 heavy (non-hydrogen) atoms. The maximum absolute atomic E-state index is 12.1. The average molecular weight is 309 g/mol. The number of alkyl halides is 3. The van der Waals surface area contributed by atoms with Gasteiger partial charge in [-0.25, -0.2) is 0 Å². The van der Waals surface area contributed by atoms with Gasteiger partial charge in [0, 0.05) is 12.6 Å². The van der Waals surface area contributed by atoms with Gasteiger partial charge in [-0.15, -0.1) is 0 Å². The van der Waals surface area contributed by atoms with Gasteiger partial charge in [0.2, 0.25) is 0 Å². The van der Waals surface area contributed by atoms with E-state index in [1.54, 1.807) is 6.92 Å². The van der Waals surface area contributed by atoms with Crippen LogP contribution in [0.3, 0.4) is 0 Å². The van der Waals surface area contributed by atoms with E-state index in [0.717, 1.165) is 12.3 Å². The summed E-state index contributed by atoms with van der Waals surface area (Å²) >= 11 is 0. The summed E-state index contributed by atoms with van der Waals surface area (Å²) in [6.45, 7) is 1.06. The van der Waals surface area contributed by atoms with Crippen molar-refractivity contribution >= 4 is 11.6 Å². The van der Waals surface area contributed by atoms with Crippen LogP contribution in [0.2, 0.25) is 0 Å². The van der Waals surface area contributed by atoms with Gasteiger partial charge in [-0.3, -0.25) is 14.9 Å². The molecule has 1 atom stereocenters. The van der Waals surface area contributed by atoms with E-state index in [0.29, 0.717) is 13.0 Å². The number of hydrogen-bond acceptors (Lipinski definition) is 4. The van der Waals surface area contributed by atoms with Crippen LogP contribution in [0.15, 0.2) is 12.3 Å². The monoisotopic (exact) mass is 309 g/mol. The second-order valence-electron chi connectivity index (χ2n) is 4.30. The Labute approximate surface area is 117 Å². The van der Waals surface area contributed by atoms with Crippen LogP contribution in [0.4, 0.5) is 18.9 Å². The van der Waals surface area contributed by atoms with E-state index in [4.69, 9.17) is 5.11 Å². The summed E-state index contributed by atoms with van der Waals surface area (Å²) in [6.07, 6.45) is -5.81. The topological polar surface area (TPSA) is 97.4 Å². The Kier molecular flexibility index (Phi) is 5.30. The number of hydrogen-bond donors (Lipinski definition) is 2. The Morgan fingerprint density at radius 3 is 2.67 bits per heavy atom. The van der Waals surface area contributed by atoms with Crippen molar-refractivity contribution in [2.45, 2.75) is 32.2 Å². The number of halogens is 3. The molecule has 1 amide bonds. The molecule has 0 spiro atoms. The third-order valence-corrected chi connectivity index (χ3v) is 2.62. The number of carbonyl (C=O) groups excluding carboxylic acids is 1. The molecule has 10 heteroatoms. The van der Waals surface area contributed by atoms with E-state index in [1.807, 2.05) is 5.32 Å². The lowest BCUT2D eigenvalue weighted by Gasteiger charge is -2.15. The average Bonchev–Trinajstić information content (AvgIpc) is 2.79. The SMILES string of the molecule is CCCn1cc([N+](=O)[O-])cc1C(=O)NCC(O)C(F)(F)F. The van der Waals surface area contributed by atoms with Gasteiger partial charge in [0.25, 0.3) is 11.6 Å². The molecule has 0 aromatic carbocycles. The minimum Gasteiger partial charge on any atom is -0.382 e. The number of nitro groups is 1. The molecule has 1 rings (SSSR count). The largest absolute Gasteiger partial charge is 0.416 e. The first-order valence-corrected chi connectivity index (χ1v) is 6.04. The lowest BCUT2D eigenvalue weighted by atomic mass is 10.3. The van der Waals surface area contributed by atoms with Crippen LogP contribution in [0, 0.1) is 10.1 Å². The van der Waals surface area contributed by atoms with Crippen LogP contribution >= 0.6 is 0 Å².